The molecular weight excluding hydrogens is 773 g/mol. The summed E-state index contributed by atoms with van der Waals surface area (Å²) in [5.74, 6) is 0. The van der Waals surface area contributed by atoms with Crippen molar-refractivity contribution in [3.05, 3.63) is 217 Å². The highest BCUT2D eigenvalue weighted by molar-refractivity contribution is 6.32. The molecule has 1 aliphatic carbocycles. The molecule has 0 N–H and O–H groups in total. The molecule has 64 heavy (non-hydrogen) atoms. The minimum absolute atomic E-state index is 0.218. The van der Waals surface area contributed by atoms with E-state index in [1.165, 1.54) is 115 Å². The Bertz CT molecular complexity index is 4100. The summed E-state index contributed by atoms with van der Waals surface area (Å²) in [5, 5.41) is 17.1. The summed E-state index contributed by atoms with van der Waals surface area (Å²) in [4.78, 5) is 0. The molecule has 0 amide bonds. The molecule has 1 aromatic heterocycles. The fourth-order valence-corrected chi connectivity index (χ4v) is 11.7. The molecule has 298 valence electrons. The lowest BCUT2D eigenvalue weighted by Crippen LogP contribution is -2.16. The molecule has 13 aromatic rings. The molecule has 1 heterocycles. The Hall–Kier alpha value is -8.00. The Morgan fingerprint density at radius 1 is 0.312 bits per heavy atom. The number of furan rings is 1. The van der Waals surface area contributed by atoms with Crippen molar-refractivity contribution >= 4 is 86.6 Å². The highest BCUT2D eigenvalue weighted by atomic mass is 16.3. The van der Waals surface area contributed by atoms with Gasteiger partial charge in [0.2, 0.25) is 0 Å². The summed E-state index contributed by atoms with van der Waals surface area (Å²) in [7, 11) is 0. The number of hydrogen-bond donors (Lipinski definition) is 0. The molecule has 0 unspecified atom stereocenters. The lowest BCUT2D eigenvalue weighted by atomic mass is 9.78. The quantitative estimate of drug-likeness (QED) is 0.128. The van der Waals surface area contributed by atoms with Gasteiger partial charge in [-0.25, -0.2) is 0 Å². The molecule has 1 nitrogen and oxygen atoms in total. The van der Waals surface area contributed by atoms with Gasteiger partial charge in [0, 0.05) is 27.0 Å². The number of hydrogen-bond acceptors (Lipinski definition) is 1. The second-order valence-electron chi connectivity index (χ2n) is 18.3. The van der Waals surface area contributed by atoms with E-state index < -0.39 is 0 Å². The maximum Gasteiger partial charge on any atom is 0.143 e. The van der Waals surface area contributed by atoms with Crippen LogP contribution in [0.3, 0.4) is 0 Å². The van der Waals surface area contributed by atoms with Gasteiger partial charge in [-0.15, -0.1) is 0 Å². The maximum absolute atomic E-state index is 6.93. The molecule has 1 aliphatic rings. The Labute approximate surface area is 370 Å². The van der Waals surface area contributed by atoms with E-state index in [4.69, 9.17) is 4.42 Å². The Morgan fingerprint density at radius 3 is 1.59 bits per heavy atom. The van der Waals surface area contributed by atoms with Crippen molar-refractivity contribution in [2.45, 2.75) is 19.3 Å². The van der Waals surface area contributed by atoms with Crippen molar-refractivity contribution in [1.29, 1.82) is 0 Å². The smallest absolute Gasteiger partial charge is 0.143 e. The highest BCUT2D eigenvalue weighted by Crippen LogP contribution is 2.55. The minimum atomic E-state index is -0.218. The third kappa shape index (κ3) is 4.84. The van der Waals surface area contributed by atoms with Gasteiger partial charge in [0.1, 0.15) is 11.2 Å². The van der Waals surface area contributed by atoms with Crippen LogP contribution in [0.15, 0.2) is 211 Å². The normalized spacial score (nSPS) is 13.3. The van der Waals surface area contributed by atoms with Crippen molar-refractivity contribution in [1.82, 2.24) is 0 Å². The van der Waals surface area contributed by atoms with Gasteiger partial charge in [-0.2, -0.15) is 0 Å². The van der Waals surface area contributed by atoms with E-state index in [1.807, 2.05) is 0 Å². The van der Waals surface area contributed by atoms with Crippen LogP contribution in [0.2, 0.25) is 0 Å². The fraction of sp³-hybridized carbons (Fsp3) is 0.0476. The van der Waals surface area contributed by atoms with E-state index in [0.29, 0.717) is 0 Å². The van der Waals surface area contributed by atoms with Gasteiger partial charge >= 0.3 is 0 Å². The minimum Gasteiger partial charge on any atom is -0.455 e. The fourth-order valence-electron chi connectivity index (χ4n) is 11.7. The lowest BCUT2D eigenvalue weighted by Gasteiger charge is -2.25. The summed E-state index contributed by atoms with van der Waals surface area (Å²) in [6, 6.07) is 76.6. The van der Waals surface area contributed by atoms with Crippen molar-refractivity contribution in [2.24, 2.45) is 0 Å². The number of rotatable bonds is 3. The van der Waals surface area contributed by atoms with Crippen LogP contribution in [0.1, 0.15) is 25.0 Å². The van der Waals surface area contributed by atoms with Crippen molar-refractivity contribution in [2.75, 3.05) is 0 Å². The standard InChI is InChI=1S/C63H40O/c1-63(2)56-33-30-42(58-49-22-11-9-20-47(49)57(48-21-10-12-23-50(48)58)41-27-26-37-14-3-4-16-39(37)34-41)36-55(56)51-25-13-24-43(60(51)63)40-29-31-52-54(35-40)45-18-7-8-19-46(45)59-53-32-28-38-15-5-6-17-44(38)61(53)64-62(52)59/h3-36H,1-2H3. The van der Waals surface area contributed by atoms with Crippen LogP contribution in [0.5, 0.6) is 0 Å². The van der Waals surface area contributed by atoms with Gasteiger partial charge in [-0.3, -0.25) is 0 Å². The molecule has 0 saturated heterocycles. The Kier molecular flexibility index (Phi) is 7.24. The Balaban J connectivity index is 0.959. The zero-order valence-corrected chi connectivity index (χ0v) is 35.5. The maximum atomic E-state index is 6.93. The first-order chi connectivity index (χ1) is 31.5. The third-order valence-electron chi connectivity index (χ3n) is 14.6. The third-order valence-corrected chi connectivity index (χ3v) is 14.6. The summed E-state index contributed by atoms with van der Waals surface area (Å²) in [6.07, 6.45) is 0. The van der Waals surface area contributed by atoms with E-state index in [9.17, 15) is 0 Å². The van der Waals surface area contributed by atoms with Crippen LogP contribution in [-0.4, -0.2) is 0 Å². The molecule has 1 heteroatoms. The SMILES string of the molecule is CC1(C)c2ccc(-c3c4ccccc4c(-c4ccc5ccccc5c4)c4ccccc34)cc2-c2cccc(-c3ccc4c(c3)c3ccccc3c3c5ccc6ccccc6c5oc43)c21. The summed E-state index contributed by atoms with van der Waals surface area (Å²) < 4.78 is 6.93. The number of benzene rings is 12. The predicted molar refractivity (Wildman–Crippen MR) is 273 cm³/mol. The zero-order valence-electron chi connectivity index (χ0n) is 35.5. The van der Waals surface area contributed by atoms with Crippen LogP contribution in [-0.2, 0) is 5.41 Å². The molecular formula is C63H40O. The first kappa shape index (κ1) is 35.6. The second kappa shape index (κ2) is 13.0. The van der Waals surface area contributed by atoms with Gasteiger partial charge in [-0.1, -0.05) is 190 Å². The predicted octanol–water partition coefficient (Wildman–Crippen LogP) is 17.8. The molecule has 14 rings (SSSR count). The average molecular weight is 813 g/mol. The summed E-state index contributed by atoms with van der Waals surface area (Å²) in [6.45, 7) is 4.81. The molecule has 0 fully saturated rings. The largest absolute Gasteiger partial charge is 0.455 e. The van der Waals surface area contributed by atoms with E-state index in [2.05, 4.69) is 220 Å². The molecule has 0 saturated carbocycles. The van der Waals surface area contributed by atoms with Crippen LogP contribution < -0.4 is 0 Å². The van der Waals surface area contributed by atoms with E-state index in [1.54, 1.807) is 0 Å². The summed E-state index contributed by atoms with van der Waals surface area (Å²) >= 11 is 0. The first-order valence-corrected chi connectivity index (χ1v) is 22.4. The van der Waals surface area contributed by atoms with Crippen LogP contribution >= 0.6 is 0 Å². The van der Waals surface area contributed by atoms with Crippen molar-refractivity contribution < 1.29 is 4.42 Å². The van der Waals surface area contributed by atoms with Gasteiger partial charge in [0.05, 0.1) is 0 Å². The lowest BCUT2D eigenvalue weighted by molar-refractivity contribution is 0.662. The van der Waals surface area contributed by atoms with Crippen LogP contribution in [0.25, 0.3) is 131 Å². The van der Waals surface area contributed by atoms with Crippen LogP contribution in [0, 0.1) is 0 Å². The molecule has 0 atom stereocenters. The van der Waals surface area contributed by atoms with Crippen LogP contribution in [0.4, 0.5) is 0 Å². The monoisotopic (exact) mass is 812 g/mol. The van der Waals surface area contributed by atoms with Gasteiger partial charge in [0.15, 0.2) is 0 Å². The van der Waals surface area contributed by atoms with Gasteiger partial charge < -0.3 is 4.42 Å². The molecule has 0 aliphatic heterocycles. The van der Waals surface area contributed by atoms with E-state index >= 15 is 0 Å². The van der Waals surface area contributed by atoms with E-state index in [0.717, 1.165) is 27.3 Å². The Morgan fingerprint density at radius 2 is 0.859 bits per heavy atom. The topological polar surface area (TPSA) is 13.1 Å². The van der Waals surface area contributed by atoms with Crippen molar-refractivity contribution in [3.63, 3.8) is 0 Å². The zero-order chi connectivity index (χ0) is 42.3. The van der Waals surface area contributed by atoms with E-state index in [-0.39, 0.29) is 5.41 Å². The average Bonchev–Trinajstić information content (AvgIpc) is 3.86. The van der Waals surface area contributed by atoms with Crippen molar-refractivity contribution in [3.8, 4) is 44.5 Å². The second-order valence-corrected chi connectivity index (χ2v) is 18.3. The van der Waals surface area contributed by atoms with Gasteiger partial charge in [0.25, 0.3) is 0 Å². The molecule has 12 aromatic carbocycles. The number of fused-ring (bicyclic) bond motifs is 16. The summed E-state index contributed by atoms with van der Waals surface area (Å²) in [5.41, 5.74) is 14.6. The van der Waals surface area contributed by atoms with Gasteiger partial charge in [-0.05, 0) is 140 Å². The molecule has 0 spiro atoms. The highest BCUT2D eigenvalue weighted by Gasteiger charge is 2.38. The molecule has 0 bridgehead atoms. The molecule has 0 radical (unpaired) electrons. The first-order valence-electron chi connectivity index (χ1n) is 22.4.